The molecule has 0 spiro atoms. The number of nitrogens with one attached hydrogen (secondary N) is 1. The molecular formula is C14H16ClNO2. The van der Waals surface area contributed by atoms with E-state index in [1.54, 1.807) is 12.1 Å². The number of carboxylic acids is 1. The molecule has 0 aromatic heterocycles. The molecule has 0 heterocycles. The number of fused-ring (bicyclic) bond motifs is 2. The Morgan fingerprint density at radius 2 is 2.17 bits per heavy atom. The number of benzene rings is 1. The van der Waals surface area contributed by atoms with E-state index in [2.05, 4.69) is 5.32 Å². The van der Waals surface area contributed by atoms with E-state index >= 15 is 0 Å². The van der Waals surface area contributed by atoms with Gasteiger partial charge in [0.25, 0.3) is 0 Å². The Hall–Kier alpha value is -1.22. The van der Waals surface area contributed by atoms with Crippen LogP contribution in [0.1, 0.15) is 36.0 Å². The molecule has 3 nitrogen and oxygen atoms in total. The number of carbonyl (C=O) groups is 1. The zero-order valence-corrected chi connectivity index (χ0v) is 10.8. The van der Waals surface area contributed by atoms with Gasteiger partial charge in [-0.15, -0.1) is 0 Å². The molecule has 96 valence electrons. The molecule has 2 saturated carbocycles. The first kappa shape index (κ1) is 11.8. The van der Waals surface area contributed by atoms with Crippen molar-refractivity contribution in [2.75, 3.05) is 5.32 Å². The Balaban J connectivity index is 1.82. The maximum atomic E-state index is 11.2. The second-order valence-electron chi connectivity index (χ2n) is 5.42. The minimum atomic E-state index is -0.928. The number of hydrogen-bond donors (Lipinski definition) is 2. The lowest BCUT2D eigenvalue weighted by atomic mass is 9.95. The Bertz CT molecular complexity index is 489. The van der Waals surface area contributed by atoms with Gasteiger partial charge in [0.2, 0.25) is 0 Å². The van der Waals surface area contributed by atoms with E-state index in [9.17, 15) is 9.90 Å². The molecule has 0 radical (unpaired) electrons. The Morgan fingerprint density at radius 1 is 1.33 bits per heavy atom. The first-order valence-electron chi connectivity index (χ1n) is 6.43. The Kier molecular flexibility index (Phi) is 2.94. The van der Waals surface area contributed by atoms with Gasteiger partial charge in [0.15, 0.2) is 0 Å². The highest BCUT2D eigenvalue weighted by Crippen LogP contribution is 2.45. The number of rotatable bonds is 3. The van der Waals surface area contributed by atoms with Gasteiger partial charge in [-0.2, -0.15) is 0 Å². The van der Waals surface area contributed by atoms with Crippen LogP contribution in [0.2, 0.25) is 5.02 Å². The number of aromatic carboxylic acids is 1. The maximum Gasteiger partial charge on any atom is 0.337 e. The predicted molar refractivity (Wildman–Crippen MR) is 71.3 cm³/mol. The summed E-state index contributed by atoms with van der Waals surface area (Å²) in [6, 6.07) is 5.46. The van der Waals surface area contributed by atoms with Crippen LogP contribution in [-0.4, -0.2) is 17.1 Å². The van der Waals surface area contributed by atoms with E-state index in [1.807, 2.05) is 0 Å². The van der Waals surface area contributed by atoms with Crippen LogP contribution in [-0.2, 0) is 0 Å². The van der Waals surface area contributed by atoms with Gasteiger partial charge in [0.05, 0.1) is 5.56 Å². The van der Waals surface area contributed by atoms with Crippen molar-refractivity contribution >= 4 is 23.3 Å². The van der Waals surface area contributed by atoms with Gasteiger partial charge in [-0.05, 0) is 49.3 Å². The van der Waals surface area contributed by atoms with Gasteiger partial charge < -0.3 is 10.4 Å². The van der Waals surface area contributed by atoms with Crippen molar-refractivity contribution in [3.05, 3.63) is 28.8 Å². The third-order valence-electron chi connectivity index (χ3n) is 4.29. The Labute approximate surface area is 111 Å². The van der Waals surface area contributed by atoms with Crippen molar-refractivity contribution in [3.63, 3.8) is 0 Å². The lowest BCUT2D eigenvalue weighted by molar-refractivity contribution is 0.0698. The molecule has 2 bridgehead atoms. The average Bonchev–Trinajstić information content (AvgIpc) is 2.93. The second-order valence-corrected chi connectivity index (χ2v) is 5.86. The molecular weight excluding hydrogens is 250 g/mol. The third-order valence-corrected chi connectivity index (χ3v) is 4.53. The molecule has 1 aromatic rings. The average molecular weight is 266 g/mol. The summed E-state index contributed by atoms with van der Waals surface area (Å²) in [6.07, 6.45) is 5.09. The van der Waals surface area contributed by atoms with Crippen molar-refractivity contribution in [1.82, 2.24) is 0 Å². The number of hydrogen-bond acceptors (Lipinski definition) is 2. The maximum absolute atomic E-state index is 11.2. The molecule has 3 atom stereocenters. The van der Waals surface area contributed by atoms with Crippen LogP contribution in [0.15, 0.2) is 18.2 Å². The van der Waals surface area contributed by atoms with Crippen LogP contribution in [0.3, 0.4) is 0 Å². The summed E-state index contributed by atoms with van der Waals surface area (Å²) >= 11 is 5.85. The van der Waals surface area contributed by atoms with Crippen molar-refractivity contribution in [3.8, 4) is 0 Å². The summed E-state index contributed by atoms with van der Waals surface area (Å²) in [5.41, 5.74) is 0.967. The largest absolute Gasteiger partial charge is 0.478 e. The predicted octanol–water partition coefficient (Wildman–Crippen LogP) is 3.64. The van der Waals surface area contributed by atoms with Crippen LogP contribution >= 0.6 is 11.6 Å². The van der Waals surface area contributed by atoms with Crippen molar-refractivity contribution in [2.45, 2.75) is 31.7 Å². The summed E-state index contributed by atoms with van der Waals surface area (Å²) < 4.78 is 0. The summed E-state index contributed by atoms with van der Waals surface area (Å²) in [5.74, 6) is 0.628. The van der Waals surface area contributed by atoms with Gasteiger partial charge in [-0.3, -0.25) is 0 Å². The molecule has 3 unspecified atom stereocenters. The molecule has 2 aliphatic rings. The highest BCUT2D eigenvalue weighted by Gasteiger charge is 2.39. The van der Waals surface area contributed by atoms with Crippen LogP contribution in [0, 0.1) is 11.8 Å². The lowest BCUT2D eigenvalue weighted by Gasteiger charge is -2.24. The van der Waals surface area contributed by atoms with E-state index in [1.165, 1.54) is 31.7 Å². The minimum absolute atomic E-state index is 0.269. The highest BCUT2D eigenvalue weighted by molar-refractivity contribution is 6.31. The quantitative estimate of drug-likeness (QED) is 0.877. The number of halogens is 1. The molecule has 18 heavy (non-hydrogen) atoms. The van der Waals surface area contributed by atoms with Crippen LogP contribution in [0.5, 0.6) is 0 Å². The van der Waals surface area contributed by atoms with Crippen molar-refractivity contribution in [1.29, 1.82) is 0 Å². The molecule has 2 fully saturated rings. The molecule has 1 aromatic carbocycles. The van der Waals surface area contributed by atoms with Gasteiger partial charge in [0.1, 0.15) is 0 Å². The highest BCUT2D eigenvalue weighted by atomic mass is 35.5. The first-order chi connectivity index (χ1) is 8.63. The fourth-order valence-electron chi connectivity index (χ4n) is 3.44. The standard InChI is InChI=1S/C14H16ClNO2/c15-10-3-4-12(11(7-10)14(17)18)16-13-6-8-1-2-9(13)5-8/h3-4,7-9,13,16H,1-2,5-6H2,(H,17,18). The molecule has 0 saturated heterocycles. The van der Waals surface area contributed by atoms with E-state index in [4.69, 9.17) is 11.6 Å². The lowest BCUT2D eigenvalue weighted by Crippen LogP contribution is -2.26. The Morgan fingerprint density at radius 3 is 2.78 bits per heavy atom. The van der Waals surface area contributed by atoms with E-state index in [0.717, 1.165) is 5.92 Å². The zero-order valence-electron chi connectivity index (χ0n) is 10.0. The zero-order chi connectivity index (χ0) is 12.7. The molecule has 0 amide bonds. The number of carboxylic acid groups (broad SMARTS) is 1. The number of anilines is 1. The fourth-order valence-corrected chi connectivity index (χ4v) is 3.61. The second kappa shape index (κ2) is 4.47. The minimum Gasteiger partial charge on any atom is -0.478 e. The van der Waals surface area contributed by atoms with Gasteiger partial charge >= 0.3 is 5.97 Å². The van der Waals surface area contributed by atoms with Gasteiger partial charge in [-0.1, -0.05) is 18.0 Å². The van der Waals surface area contributed by atoms with Gasteiger partial charge in [0, 0.05) is 16.8 Å². The van der Waals surface area contributed by atoms with Crippen molar-refractivity contribution < 1.29 is 9.90 Å². The van der Waals surface area contributed by atoms with E-state index < -0.39 is 5.97 Å². The molecule has 3 rings (SSSR count). The fraction of sp³-hybridized carbons (Fsp3) is 0.500. The molecule has 0 aliphatic heterocycles. The van der Waals surface area contributed by atoms with E-state index in [0.29, 0.717) is 22.7 Å². The summed E-state index contributed by atoms with van der Waals surface area (Å²) in [7, 11) is 0. The summed E-state index contributed by atoms with van der Waals surface area (Å²) in [5, 5.41) is 13.1. The smallest absolute Gasteiger partial charge is 0.337 e. The van der Waals surface area contributed by atoms with Crippen LogP contribution in [0.4, 0.5) is 5.69 Å². The third kappa shape index (κ3) is 2.07. The van der Waals surface area contributed by atoms with Gasteiger partial charge in [-0.25, -0.2) is 4.79 Å². The van der Waals surface area contributed by atoms with E-state index in [-0.39, 0.29) is 5.56 Å². The SMILES string of the molecule is O=C(O)c1cc(Cl)ccc1NC1CC2CCC1C2. The molecule has 2 N–H and O–H groups in total. The topological polar surface area (TPSA) is 49.3 Å². The summed E-state index contributed by atoms with van der Waals surface area (Å²) in [4.78, 5) is 11.2. The molecule has 2 aliphatic carbocycles. The van der Waals surface area contributed by atoms with Crippen LogP contribution < -0.4 is 5.32 Å². The summed E-state index contributed by atoms with van der Waals surface area (Å²) in [6.45, 7) is 0. The monoisotopic (exact) mass is 265 g/mol. The molecule has 4 heteroatoms. The normalized spacial score (nSPS) is 29.5. The van der Waals surface area contributed by atoms with Crippen molar-refractivity contribution in [2.24, 2.45) is 11.8 Å². The first-order valence-corrected chi connectivity index (χ1v) is 6.80. The van der Waals surface area contributed by atoms with Crippen LogP contribution in [0.25, 0.3) is 0 Å².